The number of nitrogen functional groups attached to an aromatic ring is 1. The molecule has 0 aromatic carbocycles. The first-order chi connectivity index (χ1) is 7.75. The quantitative estimate of drug-likeness (QED) is 0.717. The topological polar surface area (TPSA) is 75.3 Å². The van der Waals surface area contributed by atoms with E-state index in [4.69, 9.17) is 5.73 Å². The summed E-state index contributed by atoms with van der Waals surface area (Å²) in [6, 6.07) is 2.02. The maximum absolute atomic E-state index is 9.98. The van der Waals surface area contributed by atoms with Crippen molar-refractivity contribution in [1.29, 1.82) is 0 Å². The van der Waals surface area contributed by atoms with Crippen molar-refractivity contribution in [1.82, 2.24) is 9.97 Å². The van der Waals surface area contributed by atoms with E-state index in [0.29, 0.717) is 11.7 Å². The van der Waals surface area contributed by atoms with Crippen LogP contribution in [0.2, 0.25) is 0 Å². The lowest BCUT2D eigenvalue weighted by atomic mass is 10.0. The molecule has 2 heterocycles. The van der Waals surface area contributed by atoms with Crippen molar-refractivity contribution >= 4 is 11.6 Å². The third-order valence-electron chi connectivity index (χ3n) is 3.78. The zero-order valence-electron chi connectivity index (χ0n) is 9.08. The molecule has 3 atom stereocenters. The van der Waals surface area contributed by atoms with Gasteiger partial charge in [-0.25, -0.2) is 9.97 Å². The summed E-state index contributed by atoms with van der Waals surface area (Å²) in [5.41, 5.74) is 5.66. The van der Waals surface area contributed by atoms with Crippen LogP contribution < -0.4 is 10.6 Å². The zero-order valence-corrected chi connectivity index (χ0v) is 9.08. The number of hydrogen-bond donors (Lipinski definition) is 2. The molecule has 86 valence electrons. The second-order valence-corrected chi connectivity index (χ2v) is 4.68. The van der Waals surface area contributed by atoms with Crippen LogP contribution in [0.4, 0.5) is 11.6 Å². The standard InChI is InChI=1S/C11H16N4O/c12-9-5-10(14-6-13-9)15-4-3-7-1-2-8(16)11(7)15/h5-8,11,16H,1-4H2,(H2,12,13,14)/t7-,8+,11+/m0/s1. The molecule has 1 aromatic rings. The lowest BCUT2D eigenvalue weighted by Gasteiger charge is -2.27. The second-order valence-electron chi connectivity index (χ2n) is 4.68. The van der Waals surface area contributed by atoms with Crippen LogP contribution in [0, 0.1) is 5.92 Å². The van der Waals surface area contributed by atoms with Crippen molar-refractivity contribution in [3.8, 4) is 0 Å². The van der Waals surface area contributed by atoms with Gasteiger partial charge in [-0.05, 0) is 25.2 Å². The zero-order chi connectivity index (χ0) is 11.1. The summed E-state index contributed by atoms with van der Waals surface area (Å²) in [5, 5.41) is 9.98. The Morgan fingerprint density at radius 2 is 2.19 bits per heavy atom. The Kier molecular flexibility index (Phi) is 2.21. The minimum absolute atomic E-state index is 0.219. The number of aromatic nitrogens is 2. The molecule has 5 heteroatoms. The van der Waals surface area contributed by atoms with E-state index in [0.717, 1.165) is 31.6 Å². The van der Waals surface area contributed by atoms with E-state index >= 15 is 0 Å². The molecule has 1 aliphatic heterocycles. The molecule has 0 unspecified atom stereocenters. The Bertz CT molecular complexity index is 397. The van der Waals surface area contributed by atoms with Gasteiger partial charge in [-0.15, -0.1) is 0 Å². The molecular weight excluding hydrogens is 204 g/mol. The fourth-order valence-electron chi connectivity index (χ4n) is 3.06. The van der Waals surface area contributed by atoms with Crippen LogP contribution >= 0.6 is 0 Å². The average Bonchev–Trinajstić information content (AvgIpc) is 2.82. The molecule has 3 N–H and O–H groups in total. The smallest absolute Gasteiger partial charge is 0.134 e. The molecule has 1 aromatic heterocycles. The molecule has 0 spiro atoms. The van der Waals surface area contributed by atoms with Crippen molar-refractivity contribution in [2.45, 2.75) is 31.4 Å². The highest BCUT2D eigenvalue weighted by Crippen LogP contribution is 2.39. The molecule has 16 heavy (non-hydrogen) atoms. The van der Waals surface area contributed by atoms with Crippen molar-refractivity contribution in [3.63, 3.8) is 0 Å². The van der Waals surface area contributed by atoms with Gasteiger partial charge in [0.25, 0.3) is 0 Å². The highest BCUT2D eigenvalue weighted by atomic mass is 16.3. The number of anilines is 2. The van der Waals surface area contributed by atoms with Crippen LogP contribution in [-0.4, -0.2) is 33.8 Å². The first-order valence-electron chi connectivity index (χ1n) is 5.78. The molecule has 0 bridgehead atoms. The normalized spacial score (nSPS) is 33.1. The minimum Gasteiger partial charge on any atom is -0.391 e. The highest BCUT2D eigenvalue weighted by Gasteiger charge is 2.43. The predicted molar refractivity (Wildman–Crippen MR) is 60.9 cm³/mol. The van der Waals surface area contributed by atoms with Gasteiger partial charge >= 0.3 is 0 Å². The SMILES string of the molecule is Nc1cc(N2CC[C@@H]3CC[C@@H](O)[C@@H]32)ncn1. The third kappa shape index (κ3) is 1.43. The lowest BCUT2D eigenvalue weighted by molar-refractivity contribution is 0.160. The fourth-order valence-corrected chi connectivity index (χ4v) is 3.06. The van der Waals surface area contributed by atoms with Crippen molar-refractivity contribution in [2.24, 2.45) is 5.92 Å². The maximum atomic E-state index is 9.98. The Balaban J connectivity index is 1.90. The molecule has 1 saturated carbocycles. The van der Waals surface area contributed by atoms with Gasteiger partial charge in [-0.3, -0.25) is 0 Å². The van der Waals surface area contributed by atoms with Gasteiger partial charge < -0.3 is 15.7 Å². The van der Waals surface area contributed by atoms with Gasteiger partial charge in [-0.2, -0.15) is 0 Å². The molecule has 2 fully saturated rings. The summed E-state index contributed by atoms with van der Waals surface area (Å²) in [4.78, 5) is 10.3. The van der Waals surface area contributed by atoms with Crippen LogP contribution in [0.1, 0.15) is 19.3 Å². The number of nitrogens with zero attached hydrogens (tertiary/aromatic N) is 3. The van der Waals surface area contributed by atoms with E-state index < -0.39 is 0 Å². The summed E-state index contributed by atoms with van der Waals surface area (Å²) in [7, 11) is 0. The molecule has 5 nitrogen and oxygen atoms in total. The molecule has 0 radical (unpaired) electrons. The maximum Gasteiger partial charge on any atom is 0.134 e. The number of aliphatic hydroxyl groups is 1. The van der Waals surface area contributed by atoms with Gasteiger partial charge in [-0.1, -0.05) is 0 Å². The van der Waals surface area contributed by atoms with Gasteiger partial charge in [0.05, 0.1) is 12.1 Å². The highest BCUT2D eigenvalue weighted by molar-refractivity contribution is 5.48. The minimum atomic E-state index is -0.219. The number of fused-ring (bicyclic) bond motifs is 1. The van der Waals surface area contributed by atoms with Crippen molar-refractivity contribution in [3.05, 3.63) is 12.4 Å². The number of hydrogen-bond acceptors (Lipinski definition) is 5. The van der Waals surface area contributed by atoms with E-state index in [1.807, 2.05) is 0 Å². The summed E-state index contributed by atoms with van der Waals surface area (Å²) >= 11 is 0. The van der Waals surface area contributed by atoms with E-state index in [1.54, 1.807) is 6.07 Å². The first kappa shape index (κ1) is 9.84. The van der Waals surface area contributed by atoms with Gasteiger partial charge in [0.1, 0.15) is 18.0 Å². The number of aliphatic hydroxyl groups excluding tert-OH is 1. The molecule has 3 rings (SSSR count). The fraction of sp³-hybridized carbons (Fsp3) is 0.636. The van der Waals surface area contributed by atoms with Crippen LogP contribution in [-0.2, 0) is 0 Å². The molecule has 1 aliphatic carbocycles. The summed E-state index contributed by atoms with van der Waals surface area (Å²) < 4.78 is 0. The molecular formula is C11H16N4O. The van der Waals surface area contributed by atoms with E-state index in [9.17, 15) is 5.11 Å². The predicted octanol–water partition coefficient (Wildman–Crippen LogP) is 0.408. The van der Waals surface area contributed by atoms with Crippen LogP contribution in [0.3, 0.4) is 0 Å². The second kappa shape index (κ2) is 3.59. The van der Waals surface area contributed by atoms with Gasteiger partial charge in [0, 0.05) is 12.6 Å². The summed E-state index contributed by atoms with van der Waals surface area (Å²) in [6.45, 7) is 0.961. The van der Waals surface area contributed by atoms with Crippen molar-refractivity contribution < 1.29 is 5.11 Å². The van der Waals surface area contributed by atoms with E-state index in [2.05, 4.69) is 14.9 Å². The summed E-state index contributed by atoms with van der Waals surface area (Å²) in [5.74, 6) is 1.95. The molecule has 2 aliphatic rings. The van der Waals surface area contributed by atoms with Crippen LogP contribution in [0.15, 0.2) is 12.4 Å². The summed E-state index contributed by atoms with van der Waals surface area (Å²) in [6.07, 6.45) is 4.45. The van der Waals surface area contributed by atoms with E-state index in [1.165, 1.54) is 6.33 Å². The Morgan fingerprint density at radius 1 is 1.31 bits per heavy atom. The van der Waals surface area contributed by atoms with Crippen LogP contribution in [0.5, 0.6) is 0 Å². The number of rotatable bonds is 1. The van der Waals surface area contributed by atoms with E-state index in [-0.39, 0.29) is 12.1 Å². The lowest BCUT2D eigenvalue weighted by Crippen LogP contribution is -2.38. The molecule has 1 saturated heterocycles. The monoisotopic (exact) mass is 220 g/mol. The average molecular weight is 220 g/mol. The largest absolute Gasteiger partial charge is 0.391 e. The van der Waals surface area contributed by atoms with Crippen LogP contribution in [0.25, 0.3) is 0 Å². The first-order valence-corrected chi connectivity index (χ1v) is 5.78. The van der Waals surface area contributed by atoms with Crippen molar-refractivity contribution in [2.75, 3.05) is 17.2 Å². The Hall–Kier alpha value is -1.36. The Labute approximate surface area is 94.3 Å². The Morgan fingerprint density at radius 3 is 3.00 bits per heavy atom. The third-order valence-corrected chi connectivity index (χ3v) is 3.78. The van der Waals surface area contributed by atoms with Gasteiger partial charge in [0.2, 0.25) is 0 Å². The van der Waals surface area contributed by atoms with Gasteiger partial charge in [0.15, 0.2) is 0 Å². The number of nitrogens with two attached hydrogens (primary N) is 1. The molecule has 0 amide bonds.